The lowest BCUT2D eigenvalue weighted by Gasteiger charge is -2.08. The van der Waals surface area contributed by atoms with Gasteiger partial charge >= 0.3 is 5.69 Å². The number of benzene rings is 1. The van der Waals surface area contributed by atoms with Gasteiger partial charge in [0.1, 0.15) is 0 Å². The van der Waals surface area contributed by atoms with E-state index in [9.17, 15) is 9.59 Å². The van der Waals surface area contributed by atoms with Gasteiger partial charge in [-0.05, 0) is 19.4 Å². The van der Waals surface area contributed by atoms with Crippen LogP contribution >= 0.6 is 0 Å². The molecule has 4 aromatic rings. The molecule has 0 spiro atoms. The molecule has 7 heteroatoms. The maximum Gasteiger partial charge on any atom is 0.332 e. The van der Waals surface area contributed by atoms with Crippen molar-refractivity contribution in [3.05, 3.63) is 80.8 Å². The lowest BCUT2D eigenvalue weighted by molar-refractivity contribution is 0.656. The van der Waals surface area contributed by atoms with Crippen LogP contribution in [0.1, 0.15) is 16.8 Å². The molecular weight excluding hydrogens is 342 g/mol. The van der Waals surface area contributed by atoms with Crippen molar-refractivity contribution in [1.82, 2.24) is 23.1 Å². The van der Waals surface area contributed by atoms with Gasteiger partial charge in [-0.1, -0.05) is 35.9 Å². The molecule has 7 nitrogen and oxygen atoms in total. The number of nitrogens with zero attached hydrogens (tertiary/aromatic N) is 5. The molecule has 0 aliphatic carbocycles. The molecule has 4 rings (SSSR count). The number of hydrogen-bond donors (Lipinski definition) is 0. The standard InChI is InChI=1S/C20H21N5O2/c1-5-9-23-14(3)11-24-16-17(21-19(23)24)22(4)20(27)25(18(16)26)12-15-8-6-7-13(2)10-15/h5-8,10-11H,1,9,12H2,2-4H3. The van der Waals surface area contributed by atoms with Gasteiger partial charge < -0.3 is 4.57 Å². The molecule has 0 aliphatic heterocycles. The molecule has 1 aromatic carbocycles. The minimum absolute atomic E-state index is 0.225. The van der Waals surface area contributed by atoms with E-state index in [1.54, 1.807) is 17.5 Å². The van der Waals surface area contributed by atoms with Gasteiger partial charge in [-0.2, -0.15) is 4.98 Å². The molecule has 0 unspecified atom stereocenters. The molecule has 0 saturated carbocycles. The smallest absolute Gasteiger partial charge is 0.310 e. The Hall–Kier alpha value is -3.35. The fourth-order valence-electron chi connectivity index (χ4n) is 3.54. The van der Waals surface area contributed by atoms with E-state index in [0.29, 0.717) is 23.5 Å². The van der Waals surface area contributed by atoms with Crippen LogP contribution in [0, 0.1) is 13.8 Å². The van der Waals surface area contributed by atoms with Crippen molar-refractivity contribution in [2.75, 3.05) is 0 Å². The van der Waals surface area contributed by atoms with Crippen LogP contribution in [-0.2, 0) is 20.1 Å². The van der Waals surface area contributed by atoms with Crippen molar-refractivity contribution in [1.29, 1.82) is 0 Å². The van der Waals surface area contributed by atoms with Gasteiger partial charge in [0.2, 0.25) is 5.78 Å². The van der Waals surface area contributed by atoms with Gasteiger partial charge in [0.15, 0.2) is 11.2 Å². The summed E-state index contributed by atoms with van der Waals surface area (Å²) in [5, 5.41) is 0. The summed E-state index contributed by atoms with van der Waals surface area (Å²) in [6, 6.07) is 7.81. The van der Waals surface area contributed by atoms with E-state index < -0.39 is 0 Å². The van der Waals surface area contributed by atoms with Crippen molar-refractivity contribution in [3.63, 3.8) is 0 Å². The Bertz CT molecular complexity index is 1320. The summed E-state index contributed by atoms with van der Waals surface area (Å²) in [6.45, 7) is 8.52. The molecule has 0 saturated heterocycles. The summed E-state index contributed by atoms with van der Waals surface area (Å²) < 4.78 is 6.43. The zero-order chi connectivity index (χ0) is 19.3. The molecule has 0 radical (unpaired) electrons. The Morgan fingerprint density at radius 1 is 1.19 bits per heavy atom. The number of imidazole rings is 2. The maximum atomic E-state index is 13.2. The number of aryl methyl sites for hydroxylation is 3. The lowest BCUT2D eigenvalue weighted by atomic mass is 10.1. The van der Waals surface area contributed by atoms with Gasteiger partial charge in [-0.15, -0.1) is 6.58 Å². The third-order valence-electron chi connectivity index (χ3n) is 4.88. The number of rotatable bonds is 4. The van der Waals surface area contributed by atoms with E-state index in [0.717, 1.165) is 16.8 Å². The van der Waals surface area contributed by atoms with Gasteiger partial charge in [-0.3, -0.25) is 18.3 Å². The average molecular weight is 363 g/mol. The quantitative estimate of drug-likeness (QED) is 0.521. The summed E-state index contributed by atoms with van der Waals surface area (Å²) in [7, 11) is 1.65. The fourth-order valence-corrected chi connectivity index (χ4v) is 3.54. The van der Waals surface area contributed by atoms with Crippen LogP contribution in [0.25, 0.3) is 16.9 Å². The average Bonchev–Trinajstić information content (AvgIpc) is 3.14. The van der Waals surface area contributed by atoms with Crippen LogP contribution in [0.2, 0.25) is 0 Å². The van der Waals surface area contributed by atoms with E-state index in [2.05, 4.69) is 11.6 Å². The molecule has 0 N–H and O–H groups in total. The first-order valence-electron chi connectivity index (χ1n) is 8.76. The number of aromatic nitrogens is 5. The molecule has 27 heavy (non-hydrogen) atoms. The molecule has 3 heterocycles. The second-order valence-electron chi connectivity index (χ2n) is 6.85. The van der Waals surface area contributed by atoms with Crippen LogP contribution in [0.15, 0.2) is 52.7 Å². The SMILES string of the molecule is C=CCn1c(C)cn2c3c(=O)n(Cc4cccc(C)c4)c(=O)n(C)c3nc12. The maximum absolute atomic E-state index is 13.2. The first kappa shape index (κ1) is 17.1. The summed E-state index contributed by atoms with van der Waals surface area (Å²) in [6.07, 6.45) is 3.65. The molecule has 0 fully saturated rings. The largest absolute Gasteiger partial charge is 0.332 e. The second kappa shape index (κ2) is 6.12. The van der Waals surface area contributed by atoms with Crippen molar-refractivity contribution in [3.8, 4) is 0 Å². The van der Waals surface area contributed by atoms with Crippen LogP contribution in [0.5, 0.6) is 0 Å². The Morgan fingerprint density at radius 2 is 1.96 bits per heavy atom. The molecule has 0 atom stereocenters. The highest BCUT2D eigenvalue weighted by atomic mass is 16.2. The van der Waals surface area contributed by atoms with Crippen molar-refractivity contribution in [2.45, 2.75) is 26.9 Å². The Kier molecular flexibility index (Phi) is 3.87. The van der Waals surface area contributed by atoms with E-state index in [1.165, 1.54) is 9.13 Å². The summed E-state index contributed by atoms with van der Waals surface area (Å²) in [5.74, 6) is 0.628. The Morgan fingerprint density at radius 3 is 2.67 bits per heavy atom. The van der Waals surface area contributed by atoms with Gasteiger partial charge in [0.05, 0.1) is 6.54 Å². The van der Waals surface area contributed by atoms with E-state index >= 15 is 0 Å². The van der Waals surface area contributed by atoms with Gasteiger partial charge in [0.25, 0.3) is 5.56 Å². The first-order chi connectivity index (χ1) is 12.9. The normalized spacial score (nSPS) is 11.5. The summed E-state index contributed by atoms with van der Waals surface area (Å²) in [5.41, 5.74) is 3.05. The monoisotopic (exact) mass is 363 g/mol. The predicted molar refractivity (Wildman–Crippen MR) is 105 cm³/mol. The zero-order valence-corrected chi connectivity index (χ0v) is 15.6. The number of fused-ring (bicyclic) bond motifs is 3. The van der Waals surface area contributed by atoms with Gasteiger partial charge in [0, 0.05) is 25.5 Å². The van der Waals surface area contributed by atoms with E-state index in [4.69, 9.17) is 0 Å². The number of allylic oxidation sites excluding steroid dienone is 1. The summed E-state index contributed by atoms with van der Waals surface area (Å²) >= 11 is 0. The van der Waals surface area contributed by atoms with Crippen molar-refractivity contribution >= 4 is 16.9 Å². The summed E-state index contributed by atoms with van der Waals surface area (Å²) in [4.78, 5) is 30.6. The van der Waals surface area contributed by atoms with Gasteiger partial charge in [-0.25, -0.2) is 4.79 Å². The lowest BCUT2D eigenvalue weighted by Crippen LogP contribution is -2.39. The Labute approximate surface area is 155 Å². The third kappa shape index (κ3) is 2.54. The van der Waals surface area contributed by atoms with E-state index in [-0.39, 0.29) is 17.8 Å². The molecule has 0 bridgehead atoms. The van der Waals surface area contributed by atoms with Crippen molar-refractivity contribution < 1.29 is 0 Å². The zero-order valence-electron chi connectivity index (χ0n) is 15.6. The third-order valence-corrected chi connectivity index (χ3v) is 4.88. The second-order valence-corrected chi connectivity index (χ2v) is 6.85. The highest BCUT2D eigenvalue weighted by Crippen LogP contribution is 2.16. The minimum Gasteiger partial charge on any atom is -0.310 e. The topological polar surface area (TPSA) is 66.2 Å². The highest BCUT2D eigenvalue weighted by Gasteiger charge is 2.19. The first-order valence-corrected chi connectivity index (χ1v) is 8.76. The molecule has 138 valence electrons. The van der Waals surface area contributed by atoms with Crippen LogP contribution in [0.3, 0.4) is 0 Å². The fraction of sp³-hybridized carbons (Fsp3) is 0.250. The number of hydrogen-bond acceptors (Lipinski definition) is 3. The molecule has 0 amide bonds. The van der Waals surface area contributed by atoms with Crippen LogP contribution in [-0.4, -0.2) is 23.1 Å². The van der Waals surface area contributed by atoms with Crippen molar-refractivity contribution in [2.24, 2.45) is 7.05 Å². The molecule has 3 aromatic heterocycles. The highest BCUT2D eigenvalue weighted by molar-refractivity contribution is 5.75. The molecular formula is C20H21N5O2. The van der Waals surface area contributed by atoms with Crippen LogP contribution < -0.4 is 11.2 Å². The van der Waals surface area contributed by atoms with E-state index in [1.807, 2.05) is 48.9 Å². The predicted octanol–water partition coefficient (Wildman–Crippen LogP) is 2.00. The minimum atomic E-state index is -0.373. The molecule has 0 aliphatic rings. The van der Waals surface area contributed by atoms with Crippen LogP contribution in [0.4, 0.5) is 0 Å². The Balaban J connectivity index is 2.02.